The number of hydrogen-bond donors (Lipinski definition) is 1. The predicted molar refractivity (Wildman–Crippen MR) is 109 cm³/mol. The van der Waals surface area contributed by atoms with Crippen molar-refractivity contribution in [2.75, 3.05) is 13.7 Å². The second kappa shape index (κ2) is 7.57. The first-order valence-corrected chi connectivity index (χ1v) is 9.94. The van der Waals surface area contributed by atoms with Crippen LogP contribution in [0.25, 0.3) is 10.9 Å². The van der Waals surface area contributed by atoms with Crippen molar-refractivity contribution in [1.29, 1.82) is 0 Å². The Balaban J connectivity index is 2.13. The van der Waals surface area contributed by atoms with Gasteiger partial charge in [-0.15, -0.1) is 0 Å². The molecule has 0 spiro atoms. The lowest BCUT2D eigenvalue weighted by Crippen LogP contribution is -2.40. The van der Waals surface area contributed by atoms with Crippen LogP contribution in [0.2, 0.25) is 0 Å². The van der Waals surface area contributed by atoms with Crippen molar-refractivity contribution < 1.29 is 14.3 Å². The molecule has 0 saturated heterocycles. The van der Waals surface area contributed by atoms with E-state index in [0.717, 1.165) is 22.0 Å². The van der Waals surface area contributed by atoms with Gasteiger partial charge in [0.05, 0.1) is 31.2 Å². The van der Waals surface area contributed by atoms with E-state index in [1.54, 1.807) is 0 Å². The fourth-order valence-electron chi connectivity index (χ4n) is 4.11. The first-order chi connectivity index (χ1) is 13.1. The molecule has 6 nitrogen and oxygen atoms in total. The minimum atomic E-state index is -0.402. The molecule has 1 aliphatic rings. The highest BCUT2D eigenvalue weighted by molar-refractivity contribution is 5.90. The van der Waals surface area contributed by atoms with E-state index in [1.165, 1.54) is 12.7 Å². The number of nitrogens with one attached hydrogen (secondary N) is 1. The summed E-state index contributed by atoms with van der Waals surface area (Å²) in [6.45, 7) is 11.8. The molecule has 1 aromatic carbocycles. The minimum absolute atomic E-state index is 0.0271. The number of carbonyl (C=O) groups is 2. The van der Waals surface area contributed by atoms with Crippen molar-refractivity contribution in [3.8, 4) is 0 Å². The summed E-state index contributed by atoms with van der Waals surface area (Å²) >= 11 is 0. The number of benzene rings is 1. The van der Waals surface area contributed by atoms with Crippen molar-refractivity contribution >= 4 is 22.8 Å². The molecule has 0 saturated carbocycles. The van der Waals surface area contributed by atoms with Gasteiger partial charge in [-0.1, -0.05) is 40.7 Å². The Morgan fingerprint density at radius 1 is 1.39 bits per heavy atom. The van der Waals surface area contributed by atoms with Crippen molar-refractivity contribution in [2.24, 2.45) is 11.3 Å². The number of aromatic nitrogens is 2. The van der Waals surface area contributed by atoms with Gasteiger partial charge in [-0.25, -0.2) is 0 Å². The Bertz CT molecular complexity index is 892. The summed E-state index contributed by atoms with van der Waals surface area (Å²) in [7, 11) is 1.37. The zero-order valence-corrected chi connectivity index (χ0v) is 17.8. The lowest BCUT2D eigenvalue weighted by molar-refractivity contribution is -0.147. The number of methoxy groups -OCH3 is 1. The highest BCUT2D eigenvalue weighted by Crippen LogP contribution is 2.35. The molecule has 1 amide bonds. The van der Waals surface area contributed by atoms with Crippen molar-refractivity contribution in [3.05, 3.63) is 29.0 Å². The number of esters is 1. The molecule has 0 aliphatic carbocycles. The van der Waals surface area contributed by atoms with Crippen LogP contribution in [-0.2, 0) is 27.3 Å². The second-order valence-corrected chi connectivity index (χ2v) is 9.35. The number of rotatable bonds is 4. The van der Waals surface area contributed by atoms with Crippen molar-refractivity contribution in [1.82, 2.24) is 15.1 Å². The van der Waals surface area contributed by atoms with Crippen LogP contribution in [0.3, 0.4) is 0 Å². The minimum Gasteiger partial charge on any atom is -0.469 e. The van der Waals surface area contributed by atoms with Crippen LogP contribution in [0.15, 0.2) is 12.3 Å². The molecule has 0 bridgehead atoms. The van der Waals surface area contributed by atoms with E-state index < -0.39 is 5.92 Å². The van der Waals surface area contributed by atoms with Gasteiger partial charge < -0.3 is 9.64 Å². The average Bonchev–Trinajstić information content (AvgIpc) is 3.05. The number of aromatic amines is 1. The number of H-pyrrole nitrogens is 1. The Labute approximate surface area is 166 Å². The molecular formula is C22H31N3O3. The third-order valence-corrected chi connectivity index (χ3v) is 5.37. The molecule has 1 aromatic heterocycles. The van der Waals surface area contributed by atoms with Gasteiger partial charge in [-0.2, -0.15) is 5.10 Å². The molecule has 2 aromatic rings. The fraction of sp³-hybridized carbons (Fsp3) is 0.591. The zero-order valence-electron chi connectivity index (χ0n) is 17.8. The number of fused-ring (bicyclic) bond motifs is 3. The number of carbonyl (C=O) groups excluding carboxylic acids is 2. The molecule has 0 radical (unpaired) electrons. The fourth-order valence-corrected chi connectivity index (χ4v) is 4.11. The summed E-state index contributed by atoms with van der Waals surface area (Å²) in [5.74, 6) is -0.386. The SMILES string of the molecule is COC(=O)CC1Cc2cc(C(C)C)c3[nH]ncc3c2CN(CC(C)(C)C)C1=O. The van der Waals surface area contributed by atoms with Crippen molar-refractivity contribution in [3.63, 3.8) is 0 Å². The molecule has 152 valence electrons. The predicted octanol–water partition coefficient (Wildman–Crippen LogP) is 3.80. The highest BCUT2D eigenvalue weighted by Gasteiger charge is 2.34. The normalized spacial score (nSPS) is 17.8. The molecule has 2 heterocycles. The molecule has 3 rings (SSSR count). The largest absolute Gasteiger partial charge is 0.469 e. The lowest BCUT2D eigenvalue weighted by atomic mass is 9.89. The van der Waals surface area contributed by atoms with E-state index in [-0.39, 0.29) is 23.7 Å². The van der Waals surface area contributed by atoms with Crippen LogP contribution in [-0.4, -0.2) is 40.6 Å². The number of ether oxygens (including phenoxy) is 1. The third kappa shape index (κ3) is 4.05. The van der Waals surface area contributed by atoms with Gasteiger partial charge in [-0.3, -0.25) is 14.7 Å². The van der Waals surface area contributed by atoms with E-state index in [0.29, 0.717) is 25.4 Å². The molecular weight excluding hydrogens is 354 g/mol. The smallest absolute Gasteiger partial charge is 0.306 e. The molecule has 1 aliphatic heterocycles. The lowest BCUT2D eigenvalue weighted by Gasteiger charge is -2.31. The average molecular weight is 386 g/mol. The summed E-state index contributed by atoms with van der Waals surface area (Å²) in [5, 5.41) is 8.49. The van der Waals surface area contributed by atoms with Gasteiger partial charge in [0.1, 0.15) is 0 Å². The summed E-state index contributed by atoms with van der Waals surface area (Å²) < 4.78 is 4.86. The maximum atomic E-state index is 13.3. The Hall–Kier alpha value is -2.37. The van der Waals surface area contributed by atoms with Gasteiger partial charge in [0.15, 0.2) is 0 Å². The highest BCUT2D eigenvalue weighted by atomic mass is 16.5. The van der Waals surface area contributed by atoms with Gasteiger partial charge in [0, 0.05) is 18.5 Å². The van der Waals surface area contributed by atoms with Crippen LogP contribution in [0.5, 0.6) is 0 Å². The van der Waals surface area contributed by atoms with Gasteiger partial charge in [0.2, 0.25) is 5.91 Å². The van der Waals surface area contributed by atoms with Gasteiger partial charge >= 0.3 is 5.97 Å². The zero-order chi connectivity index (χ0) is 20.6. The second-order valence-electron chi connectivity index (χ2n) is 9.35. The first-order valence-electron chi connectivity index (χ1n) is 9.94. The molecule has 0 fully saturated rings. The molecule has 1 N–H and O–H groups in total. The van der Waals surface area contributed by atoms with Gasteiger partial charge in [-0.05, 0) is 34.4 Å². The Morgan fingerprint density at radius 3 is 2.71 bits per heavy atom. The van der Waals surface area contributed by atoms with E-state index in [1.807, 2.05) is 11.1 Å². The van der Waals surface area contributed by atoms with Crippen LogP contribution in [0, 0.1) is 11.3 Å². The van der Waals surface area contributed by atoms with Crippen LogP contribution >= 0.6 is 0 Å². The van der Waals surface area contributed by atoms with Crippen molar-refractivity contribution in [2.45, 2.75) is 59.9 Å². The monoisotopic (exact) mass is 385 g/mol. The maximum absolute atomic E-state index is 13.3. The summed E-state index contributed by atoms with van der Waals surface area (Å²) in [6, 6.07) is 2.19. The van der Waals surface area contributed by atoms with Crippen LogP contribution in [0.4, 0.5) is 0 Å². The number of nitrogens with zero attached hydrogens (tertiary/aromatic N) is 2. The van der Waals surface area contributed by atoms with Crippen LogP contribution in [0.1, 0.15) is 63.6 Å². The Morgan fingerprint density at radius 2 is 2.11 bits per heavy atom. The van der Waals surface area contributed by atoms with Gasteiger partial charge in [0.25, 0.3) is 0 Å². The van der Waals surface area contributed by atoms with E-state index in [4.69, 9.17) is 4.74 Å². The Kier molecular flexibility index (Phi) is 5.50. The first kappa shape index (κ1) is 20.4. The topological polar surface area (TPSA) is 75.3 Å². The number of hydrogen-bond acceptors (Lipinski definition) is 4. The summed E-state index contributed by atoms with van der Waals surface area (Å²) in [4.78, 5) is 27.2. The third-order valence-electron chi connectivity index (χ3n) is 5.37. The van der Waals surface area contributed by atoms with E-state index in [9.17, 15) is 9.59 Å². The summed E-state index contributed by atoms with van der Waals surface area (Å²) in [5.41, 5.74) is 4.47. The molecule has 6 heteroatoms. The van der Waals surface area contributed by atoms with E-state index in [2.05, 4.69) is 50.9 Å². The summed E-state index contributed by atoms with van der Waals surface area (Å²) in [6.07, 6.45) is 2.51. The molecule has 1 unspecified atom stereocenters. The molecule has 1 atom stereocenters. The van der Waals surface area contributed by atoms with Crippen LogP contribution < -0.4 is 0 Å². The molecule has 28 heavy (non-hydrogen) atoms. The van der Waals surface area contributed by atoms with E-state index >= 15 is 0 Å². The standard InChI is InChI=1S/C22H31N3O3/c1-13(2)16-8-14-7-15(9-19(26)28-6)21(27)25(12-22(3,4)5)11-18(14)17-10-23-24-20(16)17/h8,10,13,15H,7,9,11-12H2,1-6H3,(H,23,24). The quantitative estimate of drug-likeness (QED) is 0.813. The number of amides is 1. The maximum Gasteiger partial charge on any atom is 0.306 e.